The van der Waals surface area contributed by atoms with Gasteiger partial charge >= 0.3 is 0 Å². The molecular formula is C16H25NO3. The molecule has 0 aromatic heterocycles. The first kappa shape index (κ1) is 15.1. The molecule has 3 atom stereocenters. The van der Waals surface area contributed by atoms with Crippen molar-refractivity contribution >= 4 is 0 Å². The first-order valence-electron chi connectivity index (χ1n) is 7.44. The standard InChI is InChI=1S/C16H25NO3/c1-4-9-17-14-11-15(16(14)18-3)20-13-8-6-7-12(10-13)19-5-2/h6-8,10,14-17H,4-5,9,11H2,1-3H3. The van der Waals surface area contributed by atoms with Crippen LogP contribution in [0.4, 0.5) is 0 Å². The maximum Gasteiger partial charge on any atom is 0.128 e. The quantitative estimate of drug-likeness (QED) is 0.794. The lowest BCUT2D eigenvalue weighted by Gasteiger charge is -2.43. The Bertz CT molecular complexity index is 410. The molecule has 4 nitrogen and oxygen atoms in total. The molecule has 0 saturated heterocycles. The molecule has 4 heteroatoms. The summed E-state index contributed by atoms with van der Waals surface area (Å²) < 4.78 is 17.0. The molecule has 1 aromatic rings. The number of rotatable bonds is 8. The van der Waals surface area contributed by atoms with E-state index in [9.17, 15) is 0 Å². The summed E-state index contributed by atoms with van der Waals surface area (Å²) in [7, 11) is 1.75. The van der Waals surface area contributed by atoms with Crippen molar-refractivity contribution in [3.63, 3.8) is 0 Å². The van der Waals surface area contributed by atoms with Gasteiger partial charge in [0, 0.05) is 25.6 Å². The summed E-state index contributed by atoms with van der Waals surface area (Å²) >= 11 is 0. The van der Waals surface area contributed by atoms with Crippen molar-refractivity contribution in [3.8, 4) is 11.5 Å². The summed E-state index contributed by atoms with van der Waals surface area (Å²) in [6.07, 6.45) is 2.36. The number of hydrogen-bond donors (Lipinski definition) is 1. The SMILES string of the molecule is CCCNC1CC(Oc2cccc(OCC)c2)C1OC. The zero-order valence-electron chi connectivity index (χ0n) is 12.6. The minimum Gasteiger partial charge on any atom is -0.494 e. The lowest BCUT2D eigenvalue weighted by atomic mass is 9.85. The minimum atomic E-state index is 0.117. The number of ether oxygens (including phenoxy) is 3. The Morgan fingerprint density at radius 2 is 2.05 bits per heavy atom. The van der Waals surface area contributed by atoms with Crippen LogP contribution in [-0.2, 0) is 4.74 Å². The predicted octanol–water partition coefficient (Wildman–Crippen LogP) is 2.62. The van der Waals surface area contributed by atoms with E-state index >= 15 is 0 Å². The zero-order chi connectivity index (χ0) is 14.4. The first-order valence-corrected chi connectivity index (χ1v) is 7.44. The average Bonchev–Trinajstić information content (AvgIpc) is 2.43. The van der Waals surface area contributed by atoms with Gasteiger partial charge in [0.25, 0.3) is 0 Å². The monoisotopic (exact) mass is 279 g/mol. The summed E-state index contributed by atoms with van der Waals surface area (Å²) in [4.78, 5) is 0. The zero-order valence-corrected chi connectivity index (χ0v) is 12.6. The molecule has 0 radical (unpaired) electrons. The highest BCUT2D eigenvalue weighted by Crippen LogP contribution is 2.30. The summed E-state index contributed by atoms with van der Waals surface area (Å²) in [5, 5.41) is 3.49. The third kappa shape index (κ3) is 3.64. The maximum atomic E-state index is 6.01. The van der Waals surface area contributed by atoms with Crippen LogP contribution in [0.25, 0.3) is 0 Å². The van der Waals surface area contributed by atoms with Crippen molar-refractivity contribution in [1.29, 1.82) is 0 Å². The molecule has 0 heterocycles. The number of benzene rings is 1. The average molecular weight is 279 g/mol. The van der Waals surface area contributed by atoms with Crippen molar-refractivity contribution in [2.75, 3.05) is 20.3 Å². The molecule has 1 aliphatic carbocycles. The van der Waals surface area contributed by atoms with Gasteiger partial charge in [-0.2, -0.15) is 0 Å². The first-order chi connectivity index (χ1) is 9.78. The van der Waals surface area contributed by atoms with Crippen LogP contribution in [0.15, 0.2) is 24.3 Å². The van der Waals surface area contributed by atoms with Crippen molar-refractivity contribution in [2.45, 2.75) is 44.9 Å². The van der Waals surface area contributed by atoms with Crippen molar-refractivity contribution in [1.82, 2.24) is 5.32 Å². The van der Waals surface area contributed by atoms with Crippen LogP contribution in [0.3, 0.4) is 0 Å². The van der Waals surface area contributed by atoms with Crippen molar-refractivity contribution in [3.05, 3.63) is 24.3 Å². The second-order valence-electron chi connectivity index (χ2n) is 5.06. The fourth-order valence-electron chi connectivity index (χ4n) is 2.52. The smallest absolute Gasteiger partial charge is 0.128 e. The highest BCUT2D eigenvalue weighted by Gasteiger charge is 2.42. The molecule has 1 saturated carbocycles. The minimum absolute atomic E-state index is 0.117. The van der Waals surface area contributed by atoms with Gasteiger partial charge in [0.05, 0.1) is 6.61 Å². The van der Waals surface area contributed by atoms with Gasteiger partial charge in [-0.15, -0.1) is 0 Å². The highest BCUT2D eigenvalue weighted by molar-refractivity contribution is 5.33. The van der Waals surface area contributed by atoms with E-state index in [1.54, 1.807) is 7.11 Å². The lowest BCUT2D eigenvalue weighted by molar-refractivity contribution is -0.0887. The lowest BCUT2D eigenvalue weighted by Crippen LogP contribution is -2.61. The van der Waals surface area contributed by atoms with E-state index in [1.807, 2.05) is 31.2 Å². The normalized spacial score (nSPS) is 25.1. The third-order valence-corrected chi connectivity index (χ3v) is 3.58. The Morgan fingerprint density at radius 3 is 2.75 bits per heavy atom. The molecule has 2 rings (SSSR count). The van der Waals surface area contributed by atoms with Crippen LogP contribution < -0.4 is 14.8 Å². The number of nitrogens with one attached hydrogen (secondary N) is 1. The van der Waals surface area contributed by atoms with E-state index in [1.165, 1.54) is 0 Å². The molecule has 20 heavy (non-hydrogen) atoms. The Hall–Kier alpha value is -1.26. The number of hydrogen-bond acceptors (Lipinski definition) is 4. The van der Waals surface area contributed by atoms with E-state index in [4.69, 9.17) is 14.2 Å². The molecule has 1 N–H and O–H groups in total. The molecule has 0 amide bonds. The van der Waals surface area contributed by atoms with Crippen LogP contribution in [0, 0.1) is 0 Å². The van der Waals surface area contributed by atoms with Crippen LogP contribution in [-0.4, -0.2) is 38.5 Å². The van der Waals surface area contributed by atoms with E-state index in [0.717, 1.165) is 30.9 Å². The molecule has 0 bridgehead atoms. The Morgan fingerprint density at radius 1 is 1.25 bits per heavy atom. The van der Waals surface area contributed by atoms with Gasteiger partial charge in [0.2, 0.25) is 0 Å². The molecule has 1 fully saturated rings. The fraction of sp³-hybridized carbons (Fsp3) is 0.625. The third-order valence-electron chi connectivity index (χ3n) is 3.58. The largest absolute Gasteiger partial charge is 0.494 e. The van der Waals surface area contributed by atoms with Gasteiger partial charge in [0.1, 0.15) is 23.7 Å². The molecule has 0 aliphatic heterocycles. The van der Waals surface area contributed by atoms with Crippen molar-refractivity contribution in [2.24, 2.45) is 0 Å². The second kappa shape index (κ2) is 7.50. The van der Waals surface area contributed by atoms with Gasteiger partial charge in [0.15, 0.2) is 0 Å². The van der Waals surface area contributed by atoms with Crippen LogP contribution in [0.2, 0.25) is 0 Å². The van der Waals surface area contributed by atoms with E-state index < -0.39 is 0 Å². The second-order valence-corrected chi connectivity index (χ2v) is 5.06. The summed E-state index contributed by atoms with van der Waals surface area (Å²) in [5.74, 6) is 1.69. The van der Waals surface area contributed by atoms with Gasteiger partial charge in [-0.05, 0) is 32.0 Å². The number of methoxy groups -OCH3 is 1. The fourth-order valence-corrected chi connectivity index (χ4v) is 2.52. The van der Waals surface area contributed by atoms with Gasteiger partial charge in [-0.25, -0.2) is 0 Å². The molecular weight excluding hydrogens is 254 g/mol. The van der Waals surface area contributed by atoms with Crippen LogP contribution in [0.5, 0.6) is 11.5 Å². The van der Waals surface area contributed by atoms with E-state index in [2.05, 4.69) is 12.2 Å². The highest BCUT2D eigenvalue weighted by atomic mass is 16.5. The van der Waals surface area contributed by atoms with Crippen LogP contribution in [0.1, 0.15) is 26.7 Å². The Balaban J connectivity index is 1.89. The van der Waals surface area contributed by atoms with E-state index in [0.29, 0.717) is 12.6 Å². The molecule has 112 valence electrons. The summed E-state index contributed by atoms with van der Waals surface area (Å²) in [5.41, 5.74) is 0. The topological polar surface area (TPSA) is 39.7 Å². The maximum absolute atomic E-state index is 6.01. The summed E-state index contributed by atoms with van der Waals surface area (Å²) in [6.45, 7) is 5.83. The van der Waals surface area contributed by atoms with Gasteiger partial charge < -0.3 is 19.5 Å². The predicted molar refractivity (Wildman–Crippen MR) is 79.5 cm³/mol. The van der Waals surface area contributed by atoms with Crippen molar-refractivity contribution < 1.29 is 14.2 Å². The molecule has 1 aliphatic rings. The Labute approximate surface area is 121 Å². The van der Waals surface area contributed by atoms with Crippen LogP contribution >= 0.6 is 0 Å². The van der Waals surface area contributed by atoms with Gasteiger partial charge in [-0.3, -0.25) is 0 Å². The van der Waals surface area contributed by atoms with E-state index in [-0.39, 0.29) is 12.2 Å². The Kier molecular flexibility index (Phi) is 5.68. The van der Waals surface area contributed by atoms with Gasteiger partial charge in [-0.1, -0.05) is 13.0 Å². The summed E-state index contributed by atoms with van der Waals surface area (Å²) in [6, 6.07) is 8.19. The molecule has 1 aromatic carbocycles. The molecule has 0 spiro atoms. The molecule has 3 unspecified atom stereocenters.